The van der Waals surface area contributed by atoms with Gasteiger partial charge in [-0.3, -0.25) is 4.79 Å². The van der Waals surface area contributed by atoms with Gasteiger partial charge in [0.1, 0.15) is 17.8 Å². The molecule has 1 saturated heterocycles. The summed E-state index contributed by atoms with van der Waals surface area (Å²) < 4.78 is 9.06. The van der Waals surface area contributed by atoms with E-state index < -0.39 is 5.30 Å². The van der Waals surface area contributed by atoms with Crippen LogP contribution in [0.3, 0.4) is 0 Å². The standard InChI is InChI=1S/C25H22B3ClN8O2/c1-3-21(38)36-10-15(8-16(36)11-39-25(26,27)28)37-24-22(23(30)31-12-32-24)18(34-37)6-5-14-7-19-20(9-17(14)29)35(4-2)13-33-19/h3,7,9,12-13,15-16H,1,4,8,10-11H2,2H3,(H2,30,31,32)/t15-,16+/m0/s1. The molecule has 0 bridgehead atoms. The largest absolute Gasteiger partial charge is 0.401 e. The molecule has 14 heteroatoms. The number of likely N-dealkylation sites (tertiary alicyclic amines) is 1. The summed E-state index contributed by atoms with van der Waals surface area (Å²) in [6, 6.07) is 3.02. The van der Waals surface area contributed by atoms with Crippen LogP contribution in [0.4, 0.5) is 5.82 Å². The van der Waals surface area contributed by atoms with Gasteiger partial charge in [-0.1, -0.05) is 24.1 Å². The maximum atomic E-state index is 12.6. The van der Waals surface area contributed by atoms with E-state index >= 15 is 0 Å². The third-order valence-electron chi connectivity index (χ3n) is 6.61. The number of nitrogens with two attached hydrogens (primary N) is 1. The van der Waals surface area contributed by atoms with Crippen LogP contribution >= 0.6 is 11.6 Å². The number of fused-ring (bicyclic) bond motifs is 2. The minimum absolute atomic E-state index is 0.0251. The van der Waals surface area contributed by atoms with Crippen molar-refractivity contribution in [3.63, 3.8) is 0 Å². The highest BCUT2D eigenvalue weighted by Gasteiger charge is 2.37. The fourth-order valence-electron chi connectivity index (χ4n) is 4.75. The van der Waals surface area contributed by atoms with Gasteiger partial charge in [-0.2, -0.15) is 5.10 Å². The van der Waals surface area contributed by atoms with Crippen LogP contribution in [0, 0.1) is 11.8 Å². The number of rotatable bonds is 6. The van der Waals surface area contributed by atoms with Gasteiger partial charge in [-0.25, -0.2) is 19.6 Å². The van der Waals surface area contributed by atoms with Crippen molar-refractivity contribution in [1.29, 1.82) is 0 Å². The molecule has 6 radical (unpaired) electrons. The van der Waals surface area contributed by atoms with Crippen LogP contribution in [-0.2, 0) is 16.1 Å². The second-order valence-electron chi connectivity index (χ2n) is 9.25. The Balaban J connectivity index is 1.52. The minimum Gasteiger partial charge on any atom is -0.401 e. The third-order valence-corrected chi connectivity index (χ3v) is 6.92. The van der Waals surface area contributed by atoms with E-state index in [2.05, 4.69) is 33.4 Å². The second kappa shape index (κ2) is 10.4. The van der Waals surface area contributed by atoms with Gasteiger partial charge in [0.15, 0.2) is 5.65 Å². The Morgan fingerprint density at radius 2 is 2.10 bits per heavy atom. The number of carbonyl (C=O) groups is 1. The predicted molar refractivity (Wildman–Crippen MR) is 151 cm³/mol. The number of nitrogen functional groups attached to an aromatic ring is 1. The molecular weight excluding hydrogens is 512 g/mol. The molecule has 1 fully saturated rings. The Morgan fingerprint density at radius 3 is 2.82 bits per heavy atom. The molecule has 0 unspecified atom stereocenters. The molecule has 2 atom stereocenters. The molecule has 10 nitrogen and oxygen atoms in total. The van der Waals surface area contributed by atoms with Crippen molar-refractivity contribution in [3.8, 4) is 11.8 Å². The van der Waals surface area contributed by atoms with E-state index in [0.717, 1.165) is 17.6 Å². The molecule has 4 aromatic rings. The van der Waals surface area contributed by atoms with Crippen LogP contribution in [-0.4, -0.2) is 88.1 Å². The van der Waals surface area contributed by atoms with Crippen LogP contribution in [0.5, 0.6) is 0 Å². The van der Waals surface area contributed by atoms with Crippen LogP contribution in [0.15, 0.2) is 37.4 Å². The Morgan fingerprint density at radius 1 is 1.31 bits per heavy atom. The van der Waals surface area contributed by atoms with Gasteiger partial charge >= 0.3 is 0 Å². The van der Waals surface area contributed by atoms with Crippen molar-refractivity contribution in [3.05, 3.63) is 53.7 Å². The summed E-state index contributed by atoms with van der Waals surface area (Å²) in [6.45, 7) is 6.74. The van der Waals surface area contributed by atoms with Crippen LogP contribution < -0.4 is 5.73 Å². The molecule has 0 aliphatic carbocycles. The van der Waals surface area contributed by atoms with E-state index in [-0.39, 0.29) is 30.4 Å². The third kappa shape index (κ3) is 5.27. The number of anilines is 1. The van der Waals surface area contributed by atoms with Gasteiger partial charge in [0.2, 0.25) is 5.91 Å². The second-order valence-corrected chi connectivity index (χ2v) is 9.66. The summed E-state index contributed by atoms with van der Waals surface area (Å²) in [5.41, 5.74) is 9.40. The zero-order chi connectivity index (χ0) is 27.9. The molecule has 1 aromatic carbocycles. The number of hydrogen-bond acceptors (Lipinski definition) is 7. The van der Waals surface area contributed by atoms with Crippen molar-refractivity contribution in [2.24, 2.45) is 0 Å². The fraction of sp³-hybridized carbons (Fsp3) is 0.320. The summed E-state index contributed by atoms with van der Waals surface area (Å²) >= 11 is 6.55. The number of hydrogen-bond donors (Lipinski definition) is 1. The normalized spacial score (nSPS) is 17.4. The topological polar surface area (TPSA) is 117 Å². The maximum absolute atomic E-state index is 12.6. The van der Waals surface area contributed by atoms with E-state index in [0.29, 0.717) is 40.3 Å². The Kier molecular flexibility index (Phi) is 7.18. The van der Waals surface area contributed by atoms with E-state index in [1.807, 2.05) is 23.6 Å². The summed E-state index contributed by atoms with van der Waals surface area (Å²) in [6.07, 6.45) is 4.82. The summed E-state index contributed by atoms with van der Waals surface area (Å²) in [5.74, 6) is 6.14. The number of imidazole rings is 1. The van der Waals surface area contributed by atoms with Gasteiger partial charge < -0.3 is 19.9 Å². The molecule has 190 valence electrons. The maximum Gasteiger partial charge on any atom is 0.246 e. The Bertz CT molecular complexity index is 1650. The minimum atomic E-state index is -1.83. The molecule has 5 rings (SSSR count). The summed E-state index contributed by atoms with van der Waals surface area (Å²) in [5, 5.41) is 3.90. The fourth-order valence-corrected chi connectivity index (χ4v) is 4.95. The molecular formula is C25H22B3ClN8O2. The lowest BCUT2D eigenvalue weighted by molar-refractivity contribution is -0.128. The number of nitrogens with zero attached hydrogens (tertiary/aromatic N) is 7. The number of carbonyl (C=O) groups excluding carboxylic acids is 1. The average molecular weight is 534 g/mol. The lowest BCUT2D eigenvalue weighted by Crippen LogP contribution is -2.42. The SMILES string of the molecule is [B]C([B])([B])OC[C@H]1C[C@H](n2nc(C#Cc3cc4ncn(CC)c4cc3Cl)c3c(N)ncnc32)CN1C(=O)C=C. The van der Waals surface area contributed by atoms with Crippen LogP contribution in [0.25, 0.3) is 22.1 Å². The number of aromatic nitrogens is 6. The smallest absolute Gasteiger partial charge is 0.246 e. The number of aryl methyl sites for hydroxylation is 1. The first-order chi connectivity index (χ1) is 18.6. The molecule has 1 amide bonds. The molecule has 2 N–H and O–H groups in total. The molecule has 4 heterocycles. The Labute approximate surface area is 234 Å². The van der Waals surface area contributed by atoms with Gasteiger partial charge in [0.25, 0.3) is 0 Å². The number of ether oxygens (including phenoxy) is 1. The zero-order valence-corrected chi connectivity index (χ0v) is 22.0. The van der Waals surface area contributed by atoms with E-state index in [9.17, 15) is 4.79 Å². The van der Waals surface area contributed by atoms with E-state index in [1.54, 1.807) is 15.9 Å². The van der Waals surface area contributed by atoms with Crippen molar-refractivity contribution in [2.45, 2.75) is 37.3 Å². The molecule has 1 aliphatic heterocycles. The van der Waals surface area contributed by atoms with Gasteiger partial charge in [-0.15, -0.1) is 0 Å². The molecule has 0 saturated carbocycles. The zero-order valence-electron chi connectivity index (χ0n) is 21.2. The van der Waals surface area contributed by atoms with E-state index in [4.69, 9.17) is 50.7 Å². The van der Waals surface area contributed by atoms with Crippen LogP contribution in [0.1, 0.15) is 30.6 Å². The first kappa shape index (κ1) is 26.8. The number of halogens is 1. The highest BCUT2D eigenvalue weighted by molar-refractivity contribution is 6.58. The van der Waals surface area contributed by atoms with Crippen molar-refractivity contribution < 1.29 is 9.53 Å². The van der Waals surface area contributed by atoms with Crippen molar-refractivity contribution in [1.82, 2.24) is 34.2 Å². The highest BCUT2D eigenvalue weighted by Crippen LogP contribution is 2.32. The van der Waals surface area contributed by atoms with Crippen molar-refractivity contribution >= 4 is 68.9 Å². The first-order valence-corrected chi connectivity index (χ1v) is 12.6. The van der Waals surface area contributed by atoms with Crippen molar-refractivity contribution in [2.75, 3.05) is 18.9 Å². The number of amides is 1. The average Bonchev–Trinajstić information content (AvgIpc) is 3.60. The Hall–Kier alpha value is -3.75. The monoisotopic (exact) mass is 534 g/mol. The lowest BCUT2D eigenvalue weighted by Gasteiger charge is -2.28. The molecule has 3 aromatic heterocycles. The predicted octanol–water partition coefficient (Wildman–Crippen LogP) is 1.29. The molecule has 1 aliphatic rings. The van der Waals surface area contributed by atoms with E-state index in [1.165, 1.54) is 12.4 Å². The van der Waals surface area contributed by atoms with Gasteiger partial charge in [0.05, 0.1) is 70.0 Å². The first-order valence-electron chi connectivity index (χ1n) is 12.2. The number of benzene rings is 1. The van der Waals surface area contributed by atoms with Gasteiger partial charge in [0, 0.05) is 18.7 Å². The summed E-state index contributed by atoms with van der Waals surface area (Å²) in [4.78, 5) is 27.2. The molecule has 39 heavy (non-hydrogen) atoms. The van der Waals surface area contributed by atoms with Crippen LogP contribution in [0.2, 0.25) is 5.02 Å². The highest BCUT2D eigenvalue weighted by atomic mass is 35.5. The quantitative estimate of drug-likeness (QED) is 0.225. The lowest BCUT2D eigenvalue weighted by atomic mass is 9.52. The van der Waals surface area contributed by atoms with Gasteiger partial charge in [-0.05, 0) is 42.8 Å². The summed E-state index contributed by atoms with van der Waals surface area (Å²) in [7, 11) is 16.7. The molecule has 0 spiro atoms.